The summed E-state index contributed by atoms with van der Waals surface area (Å²) in [6, 6.07) is 45.9. The molecule has 0 radical (unpaired) electrons. The minimum absolute atomic E-state index is 0.294. The number of nitriles is 3. The Morgan fingerprint density at radius 1 is 0.455 bits per heavy atom. The number of benzene rings is 6. The summed E-state index contributed by atoms with van der Waals surface area (Å²) in [5, 5.41) is 34.8. The standard InChI is InChI=1S/C39H19N3S2/c40-20-23-15-27(21-41)37(28(16-23)22-42)26-18-24(29-9-6-14-36-38(29)33-8-2-4-13-35(33)43-36)17-25(19-26)30-10-5-11-32-31-7-1-3-12-34(31)44-39(30)32/h1-19H. The van der Waals surface area contributed by atoms with E-state index in [1.54, 1.807) is 34.8 Å². The van der Waals surface area contributed by atoms with Crippen molar-refractivity contribution in [1.29, 1.82) is 15.8 Å². The highest BCUT2D eigenvalue weighted by molar-refractivity contribution is 7.26. The Morgan fingerprint density at radius 2 is 1.02 bits per heavy atom. The van der Waals surface area contributed by atoms with E-state index in [-0.39, 0.29) is 0 Å². The van der Waals surface area contributed by atoms with Crippen LogP contribution in [0.2, 0.25) is 0 Å². The molecule has 44 heavy (non-hydrogen) atoms. The minimum atomic E-state index is 0.294. The SMILES string of the molecule is N#Cc1cc(C#N)c(-c2cc(-c3cccc4c3sc3ccccc34)cc(-c3cccc4sc5ccccc5c34)c2)c(C#N)c1. The van der Waals surface area contributed by atoms with E-state index in [9.17, 15) is 15.8 Å². The van der Waals surface area contributed by atoms with Gasteiger partial charge in [-0.3, -0.25) is 0 Å². The molecule has 0 spiro atoms. The quantitative estimate of drug-likeness (QED) is 0.205. The van der Waals surface area contributed by atoms with Gasteiger partial charge in [0, 0.05) is 45.9 Å². The number of thiophene rings is 2. The summed E-state index contributed by atoms with van der Waals surface area (Å²) in [4.78, 5) is 0. The number of nitrogens with zero attached hydrogens (tertiary/aromatic N) is 3. The van der Waals surface area contributed by atoms with Gasteiger partial charge in [0.1, 0.15) is 0 Å². The van der Waals surface area contributed by atoms with Crippen LogP contribution < -0.4 is 0 Å². The molecule has 202 valence electrons. The van der Waals surface area contributed by atoms with Gasteiger partial charge in [0.15, 0.2) is 0 Å². The van der Waals surface area contributed by atoms with Crippen LogP contribution in [-0.4, -0.2) is 0 Å². The Labute approximate surface area is 261 Å². The molecule has 0 aliphatic heterocycles. The summed E-state index contributed by atoms with van der Waals surface area (Å²) >= 11 is 3.55. The lowest BCUT2D eigenvalue weighted by molar-refractivity contribution is 1.41. The molecule has 0 bridgehead atoms. The van der Waals surface area contributed by atoms with Crippen LogP contribution in [0.15, 0.2) is 115 Å². The Morgan fingerprint density at radius 3 is 1.75 bits per heavy atom. The van der Waals surface area contributed by atoms with E-state index < -0.39 is 0 Å². The third kappa shape index (κ3) is 3.98. The van der Waals surface area contributed by atoms with E-state index in [1.165, 1.54) is 40.3 Å². The van der Waals surface area contributed by atoms with Crippen molar-refractivity contribution in [2.75, 3.05) is 0 Å². The van der Waals surface area contributed by atoms with E-state index in [0.717, 1.165) is 27.8 Å². The molecular weight excluding hydrogens is 575 g/mol. The lowest BCUT2D eigenvalue weighted by Crippen LogP contribution is -1.94. The highest BCUT2D eigenvalue weighted by Gasteiger charge is 2.19. The van der Waals surface area contributed by atoms with Crippen molar-refractivity contribution in [1.82, 2.24) is 0 Å². The van der Waals surface area contributed by atoms with Crippen molar-refractivity contribution < 1.29 is 0 Å². The molecule has 2 heterocycles. The molecule has 0 N–H and O–H groups in total. The van der Waals surface area contributed by atoms with Gasteiger partial charge in [-0.1, -0.05) is 66.7 Å². The Bertz CT molecular complexity index is 2570. The Balaban J connectivity index is 1.48. The van der Waals surface area contributed by atoms with Crippen LogP contribution in [-0.2, 0) is 0 Å². The first kappa shape index (κ1) is 25.9. The van der Waals surface area contributed by atoms with Crippen LogP contribution >= 0.6 is 22.7 Å². The number of hydrogen-bond acceptors (Lipinski definition) is 5. The maximum Gasteiger partial charge on any atom is 0.0999 e. The van der Waals surface area contributed by atoms with Crippen LogP contribution in [0.5, 0.6) is 0 Å². The van der Waals surface area contributed by atoms with Crippen LogP contribution in [0, 0.1) is 34.0 Å². The van der Waals surface area contributed by atoms with E-state index >= 15 is 0 Å². The van der Waals surface area contributed by atoms with Crippen LogP contribution in [0.25, 0.3) is 73.7 Å². The van der Waals surface area contributed by atoms with Crippen molar-refractivity contribution >= 4 is 63.0 Å². The largest absolute Gasteiger partial charge is 0.192 e. The summed E-state index contributed by atoms with van der Waals surface area (Å²) < 4.78 is 4.85. The van der Waals surface area contributed by atoms with Gasteiger partial charge in [0.25, 0.3) is 0 Å². The van der Waals surface area contributed by atoms with Crippen molar-refractivity contribution in [3.05, 3.63) is 132 Å². The van der Waals surface area contributed by atoms with Crippen molar-refractivity contribution in [2.45, 2.75) is 0 Å². The average Bonchev–Trinajstić information content (AvgIpc) is 3.66. The highest BCUT2D eigenvalue weighted by atomic mass is 32.1. The first-order valence-electron chi connectivity index (χ1n) is 14.0. The Hall–Kier alpha value is -5.77. The van der Waals surface area contributed by atoms with Crippen molar-refractivity contribution in [3.8, 4) is 51.6 Å². The second-order valence-electron chi connectivity index (χ2n) is 10.6. The molecule has 0 saturated carbocycles. The zero-order chi connectivity index (χ0) is 29.8. The van der Waals surface area contributed by atoms with Crippen LogP contribution in [0.1, 0.15) is 16.7 Å². The summed E-state index contributed by atoms with van der Waals surface area (Å²) in [7, 11) is 0. The fraction of sp³-hybridized carbons (Fsp3) is 0. The fourth-order valence-electron chi connectivity index (χ4n) is 6.27. The fourth-order valence-corrected chi connectivity index (χ4v) is 8.64. The molecule has 2 aromatic heterocycles. The smallest absolute Gasteiger partial charge is 0.0999 e. The third-order valence-corrected chi connectivity index (χ3v) is 10.5. The molecule has 0 amide bonds. The van der Waals surface area contributed by atoms with Crippen LogP contribution in [0.3, 0.4) is 0 Å². The molecule has 0 aliphatic carbocycles. The van der Waals surface area contributed by atoms with Gasteiger partial charge in [-0.2, -0.15) is 15.8 Å². The summed E-state index contributed by atoms with van der Waals surface area (Å²) in [6.07, 6.45) is 0. The normalized spacial score (nSPS) is 11.1. The Kier molecular flexibility index (Phi) is 6.00. The second kappa shape index (κ2) is 10.2. The monoisotopic (exact) mass is 593 g/mol. The zero-order valence-corrected chi connectivity index (χ0v) is 24.8. The molecule has 8 aromatic rings. The lowest BCUT2D eigenvalue weighted by Gasteiger charge is -2.15. The topological polar surface area (TPSA) is 71.4 Å². The van der Waals surface area contributed by atoms with Crippen molar-refractivity contribution in [2.24, 2.45) is 0 Å². The van der Waals surface area contributed by atoms with Gasteiger partial charge in [-0.05, 0) is 76.3 Å². The highest BCUT2D eigenvalue weighted by Crippen LogP contribution is 2.45. The molecule has 0 saturated heterocycles. The summed E-state index contributed by atoms with van der Waals surface area (Å²) in [6.45, 7) is 0. The number of fused-ring (bicyclic) bond motifs is 6. The molecule has 0 atom stereocenters. The van der Waals surface area contributed by atoms with Crippen LogP contribution in [0.4, 0.5) is 0 Å². The van der Waals surface area contributed by atoms with E-state index in [2.05, 4.69) is 121 Å². The maximum absolute atomic E-state index is 10.2. The molecule has 8 rings (SSSR count). The number of hydrogen-bond donors (Lipinski definition) is 0. The van der Waals surface area contributed by atoms with E-state index in [4.69, 9.17) is 0 Å². The third-order valence-electron chi connectivity index (χ3n) is 8.16. The van der Waals surface area contributed by atoms with Gasteiger partial charge >= 0.3 is 0 Å². The van der Waals surface area contributed by atoms with Gasteiger partial charge in [-0.15, -0.1) is 22.7 Å². The first-order chi connectivity index (χ1) is 21.7. The predicted octanol–water partition coefficient (Wildman–Crippen LogP) is 11.0. The van der Waals surface area contributed by atoms with Crippen molar-refractivity contribution in [3.63, 3.8) is 0 Å². The van der Waals surface area contributed by atoms with Gasteiger partial charge < -0.3 is 0 Å². The molecule has 6 aromatic carbocycles. The molecule has 0 fully saturated rings. The zero-order valence-electron chi connectivity index (χ0n) is 23.1. The molecule has 0 unspecified atom stereocenters. The summed E-state index contributed by atoms with van der Waals surface area (Å²) in [5.41, 5.74) is 6.42. The second-order valence-corrected chi connectivity index (χ2v) is 12.8. The molecular formula is C39H19N3S2. The number of rotatable bonds is 3. The first-order valence-corrected chi connectivity index (χ1v) is 15.6. The lowest BCUT2D eigenvalue weighted by atomic mass is 9.87. The van der Waals surface area contributed by atoms with E-state index in [1.807, 2.05) is 0 Å². The average molecular weight is 594 g/mol. The molecule has 0 aliphatic rings. The van der Waals surface area contributed by atoms with E-state index in [0.29, 0.717) is 22.3 Å². The van der Waals surface area contributed by atoms with Gasteiger partial charge in [0.05, 0.1) is 34.9 Å². The summed E-state index contributed by atoms with van der Waals surface area (Å²) in [5.74, 6) is 0. The minimum Gasteiger partial charge on any atom is -0.192 e. The maximum atomic E-state index is 10.2. The molecule has 5 heteroatoms. The van der Waals surface area contributed by atoms with Gasteiger partial charge in [0.2, 0.25) is 0 Å². The molecule has 3 nitrogen and oxygen atoms in total. The van der Waals surface area contributed by atoms with Gasteiger partial charge in [-0.25, -0.2) is 0 Å². The predicted molar refractivity (Wildman–Crippen MR) is 183 cm³/mol.